The van der Waals surface area contributed by atoms with Gasteiger partial charge < -0.3 is 9.80 Å². The second-order valence-electron chi connectivity index (χ2n) is 13.5. The third kappa shape index (κ3) is 5.44. The van der Waals surface area contributed by atoms with Crippen molar-refractivity contribution in [2.24, 2.45) is 10.8 Å². The maximum atomic E-state index is 15.2. The lowest BCUT2D eigenvalue weighted by Crippen LogP contribution is -2.63. The molecule has 0 N–H and O–H groups in total. The van der Waals surface area contributed by atoms with Crippen LogP contribution in [0.1, 0.15) is 82.1 Å². The van der Waals surface area contributed by atoms with Gasteiger partial charge in [-0.25, -0.2) is 0 Å². The molecular formula is C27H40F6N2O2. The van der Waals surface area contributed by atoms with Crippen LogP contribution in [0.5, 0.6) is 0 Å². The van der Waals surface area contributed by atoms with Crippen LogP contribution in [0.4, 0.5) is 26.3 Å². The van der Waals surface area contributed by atoms with Gasteiger partial charge in [-0.1, -0.05) is 27.7 Å². The molecule has 2 aliphatic rings. The predicted molar refractivity (Wildman–Crippen MR) is 131 cm³/mol. The number of hydrogen-bond acceptors (Lipinski definition) is 4. The van der Waals surface area contributed by atoms with Crippen molar-refractivity contribution < 1.29 is 35.9 Å². The van der Waals surface area contributed by atoms with Crippen molar-refractivity contribution in [2.45, 2.75) is 111 Å². The summed E-state index contributed by atoms with van der Waals surface area (Å²) in [5.74, 6) is -22.7. The molecule has 2 aliphatic heterocycles. The van der Waals surface area contributed by atoms with Gasteiger partial charge in [0.1, 0.15) is 0 Å². The molecule has 0 radical (unpaired) electrons. The first-order chi connectivity index (χ1) is 16.2. The van der Waals surface area contributed by atoms with Gasteiger partial charge in [0.05, 0.1) is 0 Å². The minimum atomic E-state index is -6.27. The average Bonchev–Trinajstić information content (AvgIpc) is 2.70. The van der Waals surface area contributed by atoms with Gasteiger partial charge in [-0.05, 0) is 65.2 Å². The van der Waals surface area contributed by atoms with Crippen LogP contribution in [0.15, 0.2) is 23.5 Å². The van der Waals surface area contributed by atoms with Crippen LogP contribution in [-0.4, -0.2) is 63.3 Å². The highest BCUT2D eigenvalue weighted by Crippen LogP contribution is 2.52. The molecule has 2 rings (SSSR count). The van der Waals surface area contributed by atoms with E-state index in [1.165, 1.54) is 27.7 Å². The van der Waals surface area contributed by atoms with Crippen LogP contribution in [0.3, 0.4) is 0 Å². The van der Waals surface area contributed by atoms with Crippen molar-refractivity contribution in [3.63, 3.8) is 0 Å². The number of halogens is 6. The molecule has 0 spiro atoms. The molecule has 0 aromatic rings. The van der Waals surface area contributed by atoms with Gasteiger partial charge in [0.15, 0.2) is 0 Å². The first-order valence-corrected chi connectivity index (χ1v) is 12.4. The topological polar surface area (TPSA) is 40.6 Å². The zero-order valence-corrected chi connectivity index (χ0v) is 23.5. The molecule has 0 atom stereocenters. The van der Waals surface area contributed by atoms with E-state index in [-0.39, 0.29) is 12.8 Å². The minimum Gasteiger partial charge on any atom is -0.372 e. The number of alkyl halides is 6. The molecule has 0 fully saturated rings. The van der Waals surface area contributed by atoms with Crippen LogP contribution in [0, 0.1) is 10.8 Å². The minimum absolute atomic E-state index is 0.169. The molecule has 0 aromatic heterocycles. The fraction of sp³-hybridized carbons (Fsp3) is 0.778. The summed E-state index contributed by atoms with van der Waals surface area (Å²) in [5, 5.41) is 0. The summed E-state index contributed by atoms with van der Waals surface area (Å²) in [4.78, 5) is 28.9. The smallest absolute Gasteiger partial charge is 0.372 e. The molecule has 4 nitrogen and oxygen atoms in total. The highest BCUT2D eigenvalue weighted by molar-refractivity contribution is 6.06. The SMILES string of the molecule is CC1(C)CCN(C(C)(C)C)C=C1C(=O)C(F)(F)C(F)(F)C(F)(F)C(=O)C1=CN(C(C)(C)C)CCC1(C)C. The molecule has 0 aliphatic carbocycles. The highest BCUT2D eigenvalue weighted by Gasteiger charge is 2.78. The molecule has 2 heterocycles. The Labute approximate surface area is 216 Å². The van der Waals surface area contributed by atoms with Gasteiger partial charge in [0, 0.05) is 47.7 Å². The molecule has 37 heavy (non-hydrogen) atoms. The standard InChI is InChI=1S/C27H40F6N2O2/c1-21(2,3)34-13-11-23(7,8)17(15-34)19(36)25(28,29)27(32,33)26(30,31)20(37)18-16-35(22(4,5)6)14-12-24(18,9)10/h15-16H,11-14H2,1-10H3. The number of carbonyl (C=O) groups excluding carboxylic acids is 2. The summed E-state index contributed by atoms with van der Waals surface area (Å²) < 4.78 is 91.1. The lowest BCUT2D eigenvalue weighted by molar-refractivity contribution is -0.283. The van der Waals surface area contributed by atoms with E-state index in [4.69, 9.17) is 0 Å². The Bertz CT molecular complexity index is 919. The molecular weight excluding hydrogens is 498 g/mol. The second kappa shape index (κ2) is 9.04. The zero-order chi connectivity index (χ0) is 29.2. The third-order valence-electron chi connectivity index (χ3n) is 7.56. The van der Waals surface area contributed by atoms with Crippen LogP contribution in [0.25, 0.3) is 0 Å². The molecule has 0 saturated carbocycles. The van der Waals surface area contributed by atoms with E-state index in [2.05, 4.69) is 0 Å². The first kappa shape index (κ1) is 31.2. The van der Waals surface area contributed by atoms with E-state index in [9.17, 15) is 9.59 Å². The number of Topliss-reactive ketones (excluding diaryl/α,β-unsaturated/α-hetero) is 2. The Balaban J connectivity index is 2.57. The monoisotopic (exact) mass is 538 g/mol. The average molecular weight is 539 g/mol. The second-order valence-corrected chi connectivity index (χ2v) is 13.5. The van der Waals surface area contributed by atoms with Gasteiger partial charge in [-0.2, -0.15) is 26.3 Å². The largest absolute Gasteiger partial charge is 0.387 e. The summed E-state index contributed by atoms with van der Waals surface area (Å²) >= 11 is 0. The van der Waals surface area contributed by atoms with E-state index in [0.717, 1.165) is 12.4 Å². The fourth-order valence-electron chi connectivity index (χ4n) is 4.47. The molecule has 0 aromatic carbocycles. The van der Waals surface area contributed by atoms with Crippen molar-refractivity contribution in [1.29, 1.82) is 0 Å². The van der Waals surface area contributed by atoms with Gasteiger partial charge in [-0.3, -0.25) is 9.59 Å². The van der Waals surface area contributed by atoms with Crippen LogP contribution >= 0.6 is 0 Å². The number of rotatable bonds is 6. The van der Waals surface area contributed by atoms with E-state index >= 15 is 26.3 Å². The Morgan fingerprint density at radius 2 is 0.919 bits per heavy atom. The molecule has 0 unspecified atom stereocenters. The van der Waals surface area contributed by atoms with E-state index in [1.807, 2.05) is 0 Å². The van der Waals surface area contributed by atoms with Crippen molar-refractivity contribution in [3.8, 4) is 0 Å². The lowest BCUT2D eigenvalue weighted by Gasteiger charge is -2.45. The van der Waals surface area contributed by atoms with Crippen molar-refractivity contribution >= 4 is 11.6 Å². The fourth-order valence-corrected chi connectivity index (χ4v) is 4.47. The number of hydrogen-bond donors (Lipinski definition) is 0. The van der Waals surface area contributed by atoms with E-state index in [0.29, 0.717) is 13.1 Å². The van der Waals surface area contributed by atoms with E-state index < -0.39 is 62.4 Å². The molecule has 10 heteroatoms. The summed E-state index contributed by atoms with van der Waals surface area (Å²) in [6.45, 7) is 16.8. The quantitative estimate of drug-likeness (QED) is 0.347. The lowest BCUT2D eigenvalue weighted by atomic mass is 9.73. The highest BCUT2D eigenvalue weighted by atomic mass is 19.3. The molecule has 0 bridgehead atoms. The zero-order valence-electron chi connectivity index (χ0n) is 23.5. The number of ketones is 2. The van der Waals surface area contributed by atoms with Crippen LogP contribution < -0.4 is 0 Å². The summed E-state index contributed by atoms with van der Waals surface area (Å²) in [5.41, 5.74) is -5.15. The summed E-state index contributed by atoms with van der Waals surface area (Å²) in [6, 6.07) is 0. The van der Waals surface area contributed by atoms with Crippen LogP contribution in [0.2, 0.25) is 0 Å². The van der Waals surface area contributed by atoms with Crippen molar-refractivity contribution in [3.05, 3.63) is 23.5 Å². The van der Waals surface area contributed by atoms with Crippen molar-refractivity contribution in [2.75, 3.05) is 13.1 Å². The third-order valence-corrected chi connectivity index (χ3v) is 7.56. The predicted octanol–water partition coefficient (Wildman–Crippen LogP) is 6.86. The van der Waals surface area contributed by atoms with Crippen LogP contribution in [-0.2, 0) is 9.59 Å². The number of carbonyl (C=O) groups is 2. The Kier molecular flexibility index (Phi) is 7.63. The molecule has 212 valence electrons. The Morgan fingerprint density at radius 3 is 1.16 bits per heavy atom. The van der Waals surface area contributed by atoms with Gasteiger partial charge in [0.2, 0.25) is 11.6 Å². The normalized spacial score (nSPS) is 21.4. The summed E-state index contributed by atoms with van der Waals surface area (Å²) in [7, 11) is 0. The van der Waals surface area contributed by atoms with Gasteiger partial charge >= 0.3 is 17.8 Å². The van der Waals surface area contributed by atoms with Gasteiger partial charge in [-0.15, -0.1) is 0 Å². The Morgan fingerprint density at radius 1 is 0.649 bits per heavy atom. The molecule has 0 amide bonds. The maximum absolute atomic E-state index is 15.2. The van der Waals surface area contributed by atoms with Crippen molar-refractivity contribution in [1.82, 2.24) is 9.80 Å². The number of nitrogens with zero attached hydrogens (tertiary/aromatic N) is 2. The Hall–Kier alpha value is -2.00. The van der Waals surface area contributed by atoms with Gasteiger partial charge in [0.25, 0.3) is 0 Å². The first-order valence-electron chi connectivity index (χ1n) is 12.4. The van der Waals surface area contributed by atoms with E-state index in [1.54, 1.807) is 51.3 Å². The summed E-state index contributed by atoms with van der Waals surface area (Å²) in [6.07, 6.45) is 2.46. The molecule has 0 saturated heterocycles. The number of allylic oxidation sites excluding steroid dienone is 2. The maximum Gasteiger partial charge on any atom is 0.387 e.